The fraction of sp³-hybridized carbons (Fsp3) is 0.333. The zero-order chi connectivity index (χ0) is 14.7. The number of aromatic amines is 1. The van der Waals surface area contributed by atoms with Crippen molar-refractivity contribution in [1.29, 1.82) is 0 Å². The number of nitrogens with zero attached hydrogens (tertiary/aromatic N) is 3. The molecular weight excluding hydrogens is 268 g/mol. The van der Waals surface area contributed by atoms with Crippen LogP contribution >= 0.6 is 0 Å². The first kappa shape index (κ1) is 13.5. The van der Waals surface area contributed by atoms with Gasteiger partial charge in [-0.2, -0.15) is 5.10 Å². The number of carbonyl (C=O) groups excluding carboxylic acids is 1. The molecule has 0 bridgehead atoms. The highest BCUT2D eigenvalue weighted by molar-refractivity contribution is 5.92. The summed E-state index contributed by atoms with van der Waals surface area (Å²) in [6.07, 6.45) is 1.60. The average molecular weight is 286 g/mol. The zero-order valence-electron chi connectivity index (χ0n) is 12.0. The molecule has 2 heterocycles. The maximum atomic E-state index is 12.2. The predicted octanol–water partition coefficient (Wildman–Crippen LogP) is 1.38. The molecule has 1 aliphatic heterocycles. The van der Waals surface area contributed by atoms with Gasteiger partial charge in [0.2, 0.25) is 0 Å². The summed E-state index contributed by atoms with van der Waals surface area (Å²) < 4.78 is 5.40. The van der Waals surface area contributed by atoms with E-state index < -0.39 is 0 Å². The van der Waals surface area contributed by atoms with Crippen molar-refractivity contribution in [3.8, 4) is 5.75 Å². The third-order valence-corrected chi connectivity index (χ3v) is 3.72. The highest BCUT2D eigenvalue weighted by atomic mass is 16.5. The Labute approximate surface area is 123 Å². The summed E-state index contributed by atoms with van der Waals surface area (Å²) in [5.74, 6) is 0.873. The predicted molar refractivity (Wildman–Crippen MR) is 79.7 cm³/mol. The van der Waals surface area contributed by atoms with Crippen LogP contribution in [0.5, 0.6) is 5.75 Å². The Bertz CT molecular complexity index is 604. The minimum absolute atomic E-state index is 0.00665. The Morgan fingerprint density at radius 3 is 2.62 bits per heavy atom. The minimum atomic E-state index is 0.00665. The number of carbonyl (C=O) groups is 1. The number of benzene rings is 1. The van der Waals surface area contributed by atoms with Crippen LogP contribution in [0.2, 0.25) is 0 Å². The number of para-hydroxylation sites is 2. The number of anilines is 1. The summed E-state index contributed by atoms with van der Waals surface area (Å²) in [4.78, 5) is 16.3. The second-order valence-corrected chi connectivity index (χ2v) is 4.92. The monoisotopic (exact) mass is 286 g/mol. The number of ether oxygens (including phenoxy) is 1. The molecule has 3 rings (SSSR count). The Balaban J connectivity index is 1.66. The molecular formula is C15H18N4O2. The van der Waals surface area contributed by atoms with Crippen LogP contribution in [-0.2, 0) is 0 Å². The molecule has 1 saturated heterocycles. The van der Waals surface area contributed by atoms with E-state index in [0.29, 0.717) is 18.8 Å². The molecule has 1 aromatic heterocycles. The summed E-state index contributed by atoms with van der Waals surface area (Å²) in [6.45, 7) is 2.96. The average Bonchev–Trinajstić information content (AvgIpc) is 3.09. The van der Waals surface area contributed by atoms with Crippen LogP contribution in [0.4, 0.5) is 5.69 Å². The van der Waals surface area contributed by atoms with E-state index in [1.165, 1.54) is 0 Å². The van der Waals surface area contributed by atoms with Crippen molar-refractivity contribution >= 4 is 11.6 Å². The van der Waals surface area contributed by atoms with E-state index in [4.69, 9.17) is 4.74 Å². The van der Waals surface area contributed by atoms with Gasteiger partial charge >= 0.3 is 0 Å². The fourth-order valence-corrected chi connectivity index (χ4v) is 2.59. The van der Waals surface area contributed by atoms with E-state index in [2.05, 4.69) is 15.1 Å². The Hall–Kier alpha value is -2.50. The summed E-state index contributed by atoms with van der Waals surface area (Å²) in [6, 6.07) is 9.66. The normalized spacial score (nSPS) is 15.1. The molecule has 1 amide bonds. The van der Waals surface area contributed by atoms with Gasteiger partial charge in [0.25, 0.3) is 5.91 Å². The van der Waals surface area contributed by atoms with E-state index in [1.807, 2.05) is 29.2 Å². The molecule has 0 aliphatic carbocycles. The first-order valence-electron chi connectivity index (χ1n) is 6.96. The Morgan fingerprint density at radius 1 is 1.19 bits per heavy atom. The maximum absolute atomic E-state index is 12.2. The van der Waals surface area contributed by atoms with Crippen molar-refractivity contribution < 1.29 is 9.53 Å². The first-order valence-corrected chi connectivity index (χ1v) is 6.96. The number of amides is 1. The fourth-order valence-electron chi connectivity index (χ4n) is 2.59. The molecule has 0 spiro atoms. The van der Waals surface area contributed by atoms with Gasteiger partial charge in [-0.3, -0.25) is 9.89 Å². The molecule has 1 fully saturated rings. The molecule has 0 radical (unpaired) electrons. The third kappa shape index (κ3) is 2.69. The van der Waals surface area contributed by atoms with Crippen LogP contribution in [-0.4, -0.2) is 54.3 Å². The number of methoxy groups -OCH3 is 1. The second-order valence-electron chi connectivity index (χ2n) is 4.92. The van der Waals surface area contributed by atoms with Gasteiger partial charge < -0.3 is 14.5 Å². The first-order chi connectivity index (χ1) is 10.3. The largest absolute Gasteiger partial charge is 0.495 e. The lowest BCUT2D eigenvalue weighted by Crippen LogP contribution is -2.49. The SMILES string of the molecule is COc1ccccc1N1CCN(C(=O)c2ccn[nH]2)CC1. The van der Waals surface area contributed by atoms with Crippen molar-refractivity contribution in [2.45, 2.75) is 0 Å². The number of rotatable bonds is 3. The third-order valence-electron chi connectivity index (χ3n) is 3.72. The van der Waals surface area contributed by atoms with E-state index >= 15 is 0 Å². The van der Waals surface area contributed by atoms with Crippen molar-refractivity contribution in [3.05, 3.63) is 42.2 Å². The molecule has 2 aromatic rings. The number of aromatic nitrogens is 2. The van der Waals surface area contributed by atoms with Crippen LogP contribution in [0, 0.1) is 0 Å². The van der Waals surface area contributed by atoms with Crippen molar-refractivity contribution in [2.24, 2.45) is 0 Å². The molecule has 21 heavy (non-hydrogen) atoms. The summed E-state index contributed by atoms with van der Waals surface area (Å²) in [7, 11) is 1.68. The zero-order valence-corrected chi connectivity index (χ0v) is 12.0. The molecule has 110 valence electrons. The molecule has 6 heteroatoms. The van der Waals surface area contributed by atoms with E-state index in [-0.39, 0.29) is 5.91 Å². The standard InChI is InChI=1S/C15H18N4O2/c1-21-14-5-3-2-4-13(14)18-8-10-19(11-9-18)15(20)12-6-7-16-17-12/h2-7H,8-11H2,1H3,(H,16,17). The molecule has 1 aromatic carbocycles. The topological polar surface area (TPSA) is 61.5 Å². The molecule has 6 nitrogen and oxygen atoms in total. The van der Waals surface area contributed by atoms with E-state index in [0.717, 1.165) is 24.5 Å². The van der Waals surface area contributed by atoms with Crippen LogP contribution < -0.4 is 9.64 Å². The number of piperazine rings is 1. The van der Waals surface area contributed by atoms with Gasteiger partial charge in [0.05, 0.1) is 12.8 Å². The van der Waals surface area contributed by atoms with Gasteiger partial charge in [-0.15, -0.1) is 0 Å². The molecule has 0 saturated carbocycles. The van der Waals surface area contributed by atoms with Crippen molar-refractivity contribution in [1.82, 2.24) is 15.1 Å². The summed E-state index contributed by atoms with van der Waals surface area (Å²) in [5, 5.41) is 6.54. The van der Waals surface area contributed by atoms with Crippen LogP contribution in [0.15, 0.2) is 36.5 Å². The highest BCUT2D eigenvalue weighted by Gasteiger charge is 2.24. The van der Waals surface area contributed by atoms with E-state index in [1.54, 1.807) is 19.4 Å². The molecule has 1 aliphatic rings. The molecule has 1 N–H and O–H groups in total. The van der Waals surface area contributed by atoms with Crippen molar-refractivity contribution in [2.75, 3.05) is 38.2 Å². The summed E-state index contributed by atoms with van der Waals surface area (Å²) >= 11 is 0. The van der Waals surface area contributed by atoms with Crippen LogP contribution in [0.1, 0.15) is 10.5 Å². The van der Waals surface area contributed by atoms with Crippen molar-refractivity contribution in [3.63, 3.8) is 0 Å². The van der Waals surface area contributed by atoms with Gasteiger partial charge in [-0.1, -0.05) is 12.1 Å². The van der Waals surface area contributed by atoms with Crippen LogP contribution in [0.25, 0.3) is 0 Å². The Morgan fingerprint density at radius 2 is 1.95 bits per heavy atom. The minimum Gasteiger partial charge on any atom is -0.495 e. The number of nitrogens with one attached hydrogen (secondary N) is 1. The maximum Gasteiger partial charge on any atom is 0.271 e. The smallest absolute Gasteiger partial charge is 0.271 e. The Kier molecular flexibility index (Phi) is 3.77. The number of hydrogen-bond acceptors (Lipinski definition) is 4. The number of H-pyrrole nitrogens is 1. The van der Waals surface area contributed by atoms with Gasteiger partial charge in [0, 0.05) is 32.4 Å². The van der Waals surface area contributed by atoms with Gasteiger partial charge in [-0.05, 0) is 18.2 Å². The molecule has 0 atom stereocenters. The molecule has 0 unspecified atom stereocenters. The van der Waals surface area contributed by atoms with Gasteiger partial charge in [0.1, 0.15) is 11.4 Å². The van der Waals surface area contributed by atoms with Gasteiger partial charge in [-0.25, -0.2) is 0 Å². The summed E-state index contributed by atoms with van der Waals surface area (Å²) in [5.41, 5.74) is 1.62. The highest BCUT2D eigenvalue weighted by Crippen LogP contribution is 2.28. The second kappa shape index (κ2) is 5.87. The van der Waals surface area contributed by atoms with E-state index in [9.17, 15) is 4.79 Å². The quantitative estimate of drug-likeness (QED) is 0.926. The van der Waals surface area contributed by atoms with Crippen LogP contribution in [0.3, 0.4) is 0 Å². The lowest BCUT2D eigenvalue weighted by molar-refractivity contribution is 0.0740. The number of hydrogen-bond donors (Lipinski definition) is 1. The van der Waals surface area contributed by atoms with Gasteiger partial charge in [0.15, 0.2) is 0 Å². The lowest BCUT2D eigenvalue weighted by Gasteiger charge is -2.36. The lowest BCUT2D eigenvalue weighted by atomic mass is 10.2.